The molecule has 1 N–H and O–H groups in total. The van der Waals surface area contributed by atoms with Crippen molar-refractivity contribution >= 4 is 23.8 Å². The molecule has 0 saturated carbocycles. The minimum Gasteiger partial charge on any atom is -0.451 e. The van der Waals surface area contributed by atoms with E-state index < -0.39 is 114 Å². The Kier molecular flexibility index (Phi) is 11.3. The molecule has 8 nitrogen and oxygen atoms in total. The van der Waals surface area contributed by atoms with E-state index in [0.717, 1.165) is 0 Å². The molecule has 0 radical (unpaired) electrons. The third-order valence-electron chi connectivity index (χ3n) is 4.92. The van der Waals surface area contributed by atoms with Crippen molar-refractivity contribution in [2.24, 2.45) is 0 Å². The monoisotopic (exact) mass is 753 g/mol. The first-order valence-electron chi connectivity index (χ1n) is 10.9. The number of benzene rings is 1. The van der Waals surface area contributed by atoms with Crippen molar-refractivity contribution in [3.63, 3.8) is 0 Å². The van der Waals surface area contributed by atoms with Crippen LogP contribution in [0.15, 0.2) is 18.2 Å². The number of hydrogen-bond donors (Lipinski definition) is 1. The SMILES string of the molecule is O=C(NC[C@H](OC(=O)C(F)(F)C(F)(F)F)c1ccc(OC(=O)C(F)(F)C(F)(F)F)c(OC(=O)C(F)(F)C(F)(F)F)c1)C(F)(F)C(F)(F)F. The van der Waals surface area contributed by atoms with Crippen molar-refractivity contribution in [2.75, 3.05) is 6.54 Å². The predicted octanol–water partition coefficient (Wildman–Crippen LogP) is 5.99. The van der Waals surface area contributed by atoms with Crippen LogP contribution in [-0.4, -0.2) is 78.8 Å². The van der Waals surface area contributed by atoms with Crippen LogP contribution in [0.2, 0.25) is 0 Å². The molecule has 1 rings (SSSR count). The van der Waals surface area contributed by atoms with Gasteiger partial charge in [0.1, 0.15) is 6.10 Å². The van der Waals surface area contributed by atoms with Crippen LogP contribution >= 0.6 is 0 Å². The Bertz CT molecular complexity index is 1390. The largest absolute Gasteiger partial charge is 0.465 e. The number of ether oxygens (including phenoxy) is 3. The molecule has 274 valence electrons. The quantitative estimate of drug-likeness (QED) is 0.178. The molecule has 0 aromatic heterocycles. The lowest BCUT2D eigenvalue weighted by molar-refractivity contribution is -0.282. The Morgan fingerprint density at radius 2 is 0.875 bits per heavy atom. The van der Waals surface area contributed by atoms with E-state index >= 15 is 0 Å². The summed E-state index contributed by atoms with van der Waals surface area (Å²) >= 11 is 0. The zero-order chi connectivity index (χ0) is 38.3. The maximum Gasteiger partial charge on any atom is 0.465 e. The van der Waals surface area contributed by atoms with Crippen LogP contribution in [-0.2, 0) is 23.9 Å². The molecule has 0 bridgehead atoms. The van der Waals surface area contributed by atoms with Gasteiger partial charge in [-0.15, -0.1) is 0 Å². The molecule has 0 unspecified atom stereocenters. The molecule has 1 aromatic carbocycles. The lowest BCUT2D eigenvalue weighted by Crippen LogP contribution is -2.51. The smallest absolute Gasteiger partial charge is 0.451 e. The third kappa shape index (κ3) is 8.58. The molecule has 48 heavy (non-hydrogen) atoms. The highest BCUT2D eigenvalue weighted by Gasteiger charge is 2.68. The molecule has 0 heterocycles. The van der Waals surface area contributed by atoms with E-state index in [4.69, 9.17) is 0 Å². The van der Waals surface area contributed by atoms with Gasteiger partial charge in [-0.05, 0) is 17.7 Å². The van der Waals surface area contributed by atoms with E-state index in [0.29, 0.717) is 5.32 Å². The van der Waals surface area contributed by atoms with Gasteiger partial charge in [0.15, 0.2) is 11.5 Å². The van der Waals surface area contributed by atoms with Crippen molar-refractivity contribution in [3.05, 3.63) is 23.8 Å². The number of rotatable bonds is 10. The fraction of sp³-hybridized carbons (Fsp3) is 0.500. The summed E-state index contributed by atoms with van der Waals surface area (Å²) < 4.78 is 267. The van der Waals surface area contributed by atoms with Gasteiger partial charge in [-0.25, -0.2) is 14.4 Å². The van der Waals surface area contributed by atoms with Crippen LogP contribution in [0.25, 0.3) is 0 Å². The van der Waals surface area contributed by atoms with Gasteiger partial charge in [0, 0.05) is 0 Å². The van der Waals surface area contributed by atoms with Crippen molar-refractivity contribution < 1.29 is 121 Å². The van der Waals surface area contributed by atoms with Gasteiger partial charge in [0.2, 0.25) is 0 Å². The highest BCUT2D eigenvalue weighted by molar-refractivity contribution is 5.85. The Hall–Kier alpha value is -4.30. The van der Waals surface area contributed by atoms with Crippen LogP contribution in [0, 0.1) is 0 Å². The van der Waals surface area contributed by atoms with Gasteiger partial charge in [0.05, 0.1) is 6.54 Å². The summed E-state index contributed by atoms with van der Waals surface area (Å²) in [6.45, 7) is -2.30. The third-order valence-corrected chi connectivity index (χ3v) is 4.92. The second-order valence-corrected chi connectivity index (χ2v) is 8.38. The molecule has 0 fully saturated rings. The summed E-state index contributed by atoms with van der Waals surface area (Å²) in [5.74, 6) is -45.8. The van der Waals surface area contributed by atoms with Crippen molar-refractivity contribution in [2.45, 2.75) is 54.5 Å². The van der Waals surface area contributed by atoms with Crippen molar-refractivity contribution in [3.8, 4) is 11.5 Å². The first-order chi connectivity index (χ1) is 21.0. The van der Waals surface area contributed by atoms with Gasteiger partial charge >= 0.3 is 72.2 Å². The Morgan fingerprint density at radius 1 is 0.521 bits per heavy atom. The topological polar surface area (TPSA) is 108 Å². The van der Waals surface area contributed by atoms with Gasteiger partial charge in [-0.1, -0.05) is 6.07 Å². The Morgan fingerprint density at radius 3 is 1.25 bits per heavy atom. The molecule has 0 aliphatic carbocycles. The van der Waals surface area contributed by atoms with E-state index in [9.17, 15) is 107 Å². The molecule has 1 aromatic rings. The van der Waals surface area contributed by atoms with Gasteiger partial charge in [-0.3, -0.25) is 4.79 Å². The summed E-state index contributed by atoms with van der Waals surface area (Å²) in [6.07, 6.45) is -30.7. The lowest BCUT2D eigenvalue weighted by Gasteiger charge is -2.25. The maximum absolute atomic E-state index is 13.4. The second kappa shape index (κ2) is 13.0. The minimum atomic E-state index is -6.91. The Labute approximate surface area is 247 Å². The number of alkyl halides is 20. The minimum absolute atomic E-state index is 0.203. The molecule has 0 saturated heterocycles. The predicted molar refractivity (Wildman–Crippen MR) is 104 cm³/mol. The van der Waals surface area contributed by atoms with Gasteiger partial charge in [-0.2, -0.15) is 87.8 Å². The van der Waals surface area contributed by atoms with E-state index in [1.165, 1.54) is 0 Å². The summed E-state index contributed by atoms with van der Waals surface area (Å²) in [5, 5.41) is 0.513. The molecule has 1 amide bonds. The number of hydrogen-bond acceptors (Lipinski definition) is 7. The first-order valence-corrected chi connectivity index (χ1v) is 10.9. The van der Waals surface area contributed by atoms with E-state index in [-0.39, 0.29) is 6.07 Å². The molecule has 0 aliphatic rings. The number of carbonyl (C=O) groups excluding carboxylic acids is 4. The van der Waals surface area contributed by atoms with Crippen LogP contribution in [0.1, 0.15) is 11.7 Å². The molecule has 0 aliphatic heterocycles. The summed E-state index contributed by atoms with van der Waals surface area (Å²) in [4.78, 5) is 45.7. The molecular weight excluding hydrogens is 746 g/mol. The average molecular weight is 753 g/mol. The summed E-state index contributed by atoms with van der Waals surface area (Å²) in [5.41, 5.74) is -1.70. The molecule has 0 spiro atoms. The van der Waals surface area contributed by atoms with E-state index in [1.54, 1.807) is 0 Å². The highest BCUT2D eigenvalue weighted by Crippen LogP contribution is 2.43. The van der Waals surface area contributed by atoms with Crippen molar-refractivity contribution in [1.82, 2.24) is 5.32 Å². The van der Waals surface area contributed by atoms with Crippen LogP contribution < -0.4 is 14.8 Å². The zero-order valence-electron chi connectivity index (χ0n) is 21.4. The van der Waals surface area contributed by atoms with Crippen LogP contribution in [0.4, 0.5) is 87.8 Å². The Balaban J connectivity index is 3.86. The molecule has 1 atom stereocenters. The van der Waals surface area contributed by atoms with Crippen molar-refractivity contribution in [1.29, 1.82) is 0 Å². The van der Waals surface area contributed by atoms with E-state index in [1.807, 2.05) is 0 Å². The average Bonchev–Trinajstić information content (AvgIpc) is 2.88. The van der Waals surface area contributed by atoms with Crippen LogP contribution in [0.5, 0.6) is 11.5 Å². The summed E-state index contributed by atoms with van der Waals surface area (Å²) in [6, 6.07) is -1.22. The van der Waals surface area contributed by atoms with E-state index in [2.05, 4.69) is 14.2 Å². The number of amides is 1. The highest BCUT2D eigenvalue weighted by atomic mass is 19.4. The van der Waals surface area contributed by atoms with Gasteiger partial charge < -0.3 is 19.5 Å². The normalized spacial score (nSPS) is 14.6. The lowest BCUT2D eigenvalue weighted by atomic mass is 10.1. The molecular formula is C20H7F20NO7. The second-order valence-electron chi connectivity index (χ2n) is 8.38. The zero-order valence-corrected chi connectivity index (χ0v) is 21.4. The number of esters is 3. The number of carbonyl (C=O) groups is 4. The first kappa shape index (κ1) is 41.7. The maximum atomic E-state index is 13.4. The summed E-state index contributed by atoms with van der Waals surface area (Å²) in [7, 11) is 0. The standard InChI is InChI=1S/C20H7F20NO7/c21-13(22,17(29,30)31)9(42)41-4-8(48-12(45)16(27,28)20(38,39)40)5-1-2-6(46-10(43)14(23,24)18(32,33)34)7(3-5)47-11(44)15(25,26)19(35,36)37/h1-3,8H,4H2,(H,41,42)/t8-/m0/s1. The number of nitrogens with one attached hydrogen (secondary N) is 1. The molecule has 28 heteroatoms. The fourth-order valence-electron chi connectivity index (χ4n) is 2.42. The fourth-order valence-corrected chi connectivity index (χ4v) is 2.42. The number of halogens is 20. The van der Waals surface area contributed by atoms with Crippen LogP contribution in [0.3, 0.4) is 0 Å². The van der Waals surface area contributed by atoms with Gasteiger partial charge in [0.25, 0.3) is 0 Å².